The van der Waals surface area contributed by atoms with E-state index in [2.05, 4.69) is 5.32 Å². The molecule has 38 heavy (non-hydrogen) atoms. The summed E-state index contributed by atoms with van der Waals surface area (Å²) in [6.07, 6.45) is 3.21. The molecule has 1 saturated carbocycles. The lowest BCUT2D eigenvalue weighted by atomic mass is 9.67. The Labute approximate surface area is 225 Å². The molecule has 0 aromatic rings. The minimum Gasteiger partial charge on any atom is -0.457 e. The molecule has 0 spiro atoms. The van der Waals surface area contributed by atoms with Crippen molar-refractivity contribution in [2.45, 2.75) is 133 Å². The average molecular weight is 539 g/mol. The van der Waals surface area contributed by atoms with Gasteiger partial charge in [-0.25, -0.2) is 4.79 Å². The first-order chi connectivity index (χ1) is 18.0. The minimum atomic E-state index is -1.05. The standard InChI is InChI=1S/C28H46N2O8/c1-15-11-18(32)24-20(35-15)14-19-17(25(24)33)13-22(27(2,3)37-19)36-26(34)28(8-4-10-31)21(38-28)6-5-16-7-9-30-23(29)12-16/h15-17,19-25,30-31,33H,4-14,29H2,1-3H3/t15?,16?,17?,19?,20?,21-,22-,23?,24?,25?,28+/m1/s1. The van der Waals surface area contributed by atoms with Gasteiger partial charge in [-0.1, -0.05) is 0 Å². The average Bonchev–Trinajstić information content (AvgIpc) is 3.56. The second-order valence-electron chi connectivity index (χ2n) is 12.8. The van der Waals surface area contributed by atoms with Crippen LogP contribution in [0, 0.1) is 17.8 Å². The van der Waals surface area contributed by atoms with Gasteiger partial charge in [0, 0.05) is 25.4 Å². The molecule has 10 heteroatoms. The molecule has 0 aromatic carbocycles. The topological polar surface area (TPSA) is 153 Å². The molecule has 10 nitrogen and oxygen atoms in total. The van der Waals surface area contributed by atoms with Gasteiger partial charge in [0.25, 0.3) is 0 Å². The number of rotatable bonds is 8. The molecule has 0 bridgehead atoms. The summed E-state index contributed by atoms with van der Waals surface area (Å²) in [5.41, 5.74) is 4.22. The summed E-state index contributed by atoms with van der Waals surface area (Å²) < 4.78 is 24.6. The van der Waals surface area contributed by atoms with Crippen LogP contribution in [0.4, 0.5) is 0 Å². The molecular weight excluding hydrogens is 492 g/mol. The van der Waals surface area contributed by atoms with Gasteiger partial charge in [0.2, 0.25) is 0 Å². The Morgan fingerprint density at radius 3 is 2.71 bits per heavy atom. The number of epoxide rings is 1. The molecule has 216 valence electrons. The van der Waals surface area contributed by atoms with Gasteiger partial charge < -0.3 is 40.2 Å². The zero-order valence-electron chi connectivity index (χ0n) is 23.0. The van der Waals surface area contributed by atoms with E-state index in [0.29, 0.717) is 38.0 Å². The van der Waals surface area contributed by atoms with Gasteiger partial charge in [-0.2, -0.15) is 0 Å². The summed E-state index contributed by atoms with van der Waals surface area (Å²) in [7, 11) is 0. The molecule has 11 atom stereocenters. The normalized spacial score (nSPS) is 46.1. The summed E-state index contributed by atoms with van der Waals surface area (Å²) >= 11 is 0. The number of nitrogens with two attached hydrogens (primary N) is 1. The third-order valence-corrected chi connectivity index (χ3v) is 9.63. The zero-order valence-corrected chi connectivity index (χ0v) is 23.0. The lowest BCUT2D eigenvalue weighted by molar-refractivity contribution is -0.257. The second kappa shape index (κ2) is 11.0. The third-order valence-electron chi connectivity index (χ3n) is 9.63. The van der Waals surface area contributed by atoms with Gasteiger partial charge in [-0.05, 0) is 78.2 Å². The van der Waals surface area contributed by atoms with E-state index in [1.807, 2.05) is 20.8 Å². The Bertz CT molecular complexity index is 885. The van der Waals surface area contributed by atoms with Gasteiger partial charge in [0.15, 0.2) is 5.60 Å². The van der Waals surface area contributed by atoms with Crippen LogP contribution in [0.15, 0.2) is 0 Å². The van der Waals surface area contributed by atoms with Crippen LogP contribution >= 0.6 is 0 Å². The van der Waals surface area contributed by atoms with Crippen LogP contribution in [0.25, 0.3) is 0 Å². The Morgan fingerprint density at radius 1 is 1.18 bits per heavy atom. The molecule has 0 radical (unpaired) electrons. The molecule has 5 N–H and O–H groups in total. The van der Waals surface area contributed by atoms with E-state index in [1.165, 1.54) is 0 Å². The van der Waals surface area contributed by atoms with Crippen molar-refractivity contribution in [3.63, 3.8) is 0 Å². The number of esters is 1. The van der Waals surface area contributed by atoms with Crippen LogP contribution in [0.2, 0.25) is 0 Å². The van der Waals surface area contributed by atoms with Crippen LogP contribution in [-0.4, -0.2) is 89.1 Å². The lowest BCUT2D eigenvalue weighted by Crippen LogP contribution is -2.63. The third kappa shape index (κ3) is 5.55. The van der Waals surface area contributed by atoms with Crippen molar-refractivity contribution < 1.29 is 38.7 Å². The largest absolute Gasteiger partial charge is 0.457 e. The Kier molecular flexibility index (Phi) is 8.24. The molecule has 8 unspecified atom stereocenters. The molecule has 4 saturated heterocycles. The predicted molar refractivity (Wildman–Crippen MR) is 137 cm³/mol. The number of hydrogen-bond donors (Lipinski definition) is 4. The Hall–Kier alpha value is -1.14. The highest BCUT2D eigenvalue weighted by Gasteiger charge is 2.64. The second-order valence-corrected chi connectivity index (χ2v) is 12.8. The van der Waals surface area contributed by atoms with E-state index in [9.17, 15) is 19.8 Å². The number of nitrogens with one attached hydrogen (secondary N) is 1. The summed E-state index contributed by atoms with van der Waals surface area (Å²) in [4.78, 5) is 26.4. The van der Waals surface area contributed by atoms with Gasteiger partial charge in [0.05, 0.1) is 48.2 Å². The van der Waals surface area contributed by atoms with Crippen molar-refractivity contribution in [1.82, 2.24) is 5.32 Å². The van der Waals surface area contributed by atoms with E-state index in [4.69, 9.17) is 24.7 Å². The van der Waals surface area contributed by atoms with Crippen LogP contribution in [0.3, 0.4) is 0 Å². The fourth-order valence-electron chi connectivity index (χ4n) is 7.44. The fourth-order valence-corrected chi connectivity index (χ4v) is 7.44. The smallest absolute Gasteiger partial charge is 0.341 e. The van der Waals surface area contributed by atoms with Crippen molar-refractivity contribution in [3.05, 3.63) is 0 Å². The highest BCUT2D eigenvalue weighted by molar-refractivity contribution is 5.84. The monoisotopic (exact) mass is 538 g/mol. The maximum atomic E-state index is 13.6. The van der Waals surface area contributed by atoms with Crippen molar-refractivity contribution in [2.24, 2.45) is 23.5 Å². The summed E-state index contributed by atoms with van der Waals surface area (Å²) in [5, 5.41) is 24.0. The SMILES string of the molecule is CC1CC(=O)C2C(CC3OC(C)(C)[C@H](OC(=O)[C@@]4(CCCO)O[C@@H]4CCC4CCNC(N)C4)CC3C2O)O1. The lowest BCUT2D eigenvalue weighted by Gasteiger charge is -2.53. The first-order valence-electron chi connectivity index (χ1n) is 14.6. The van der Waals surface area contributed by atoms with E-state index in [0.717, 1.165) is 32.2 Å². The van der Waals surface area contributed by atoms with Crippen molar-refractivity contribution in [2.75, 3.05) is 13.2 Å². The molecule has 0 amide bonds. The van der Waals surface area contributed by atoms with E-state index in [-0.39, 0.29) is 48.9 Å². The molecule has 5 fully saturated rings. The van der Waals surface area contributed by atoms with Gasteiger partial charge in [-0.15, -0.1) is 0 Å². The number of carbonyl (C=O) groups excluding carboxylic acids is 2. The number of ether oxygens (including phenoxy) is 4. The van der Waals surface area contributed by atoms with Gasteiger partial charge >= 0.3 is 5.97 Å². The molecular formula is C28H46N2O8. The number of ketones is 1. The Morgan fingerprint density at radius 2 is 1.97 bits per heavy atom. The summed E-state index contributed by atoms with van der Waals surface area (Å²) in [6, 6.07) is 0. The molecule has 4 aliphatic heterocycles. The van der Waals surface area contributed by atoms with Crippen LogP contribution in [-0.2, 0) is 28.5 Å². The first kappa shape index (κ1) is 28.4. The van der Waals surface area contributed by atoms with Crippen molar-refractivity contribution in [3.8, 4) is 0 Å². The van der Waals surface area contributed by atoms with Crippen LogP contribution < -0.4 is 11.1 Å². The van der Waals surface area contributed by atoms with Crippen LogP contribution in [0.1, 0.15) is 78.6 Å². The number of Topliss-reactive ketones (excluding diaryl/α,β-unsaturated/α-hetero) is 1. The number of aliphatic hydroxyl groups excluding tert-OH is 2. The predicted octanol–water partition coefficient (Wildman–Crippen LogP) is 1.18. The first-order valence-corrected chi connectivity index (χ1v) is 14.6. The summed E-state index contributed by atoms with van der Waals surface area (Å²) in [6.45, 7) is 6.56. The maximum absolute atomic E-state index is 13.6. The highest BCUT2D eigenvalue weighted by atomic mass is 16.7. The van der Waals surface area contributed by atoms with Gasteiger partial charge in [0.1, 0.15) is 11.9 Å². The van der Waals surface area contributed by atoms with E-state index >= 15 is 0 Å². The van der Waals surface area contributed by atoms with Crippen LogP contribution in [0.5, 0.6) is 0 Å². The molecule has 1 aliphatic carbocycles. The molecule has 4 heterocycles. The highest BCUT2D eigenvalue weighted by Crippen LogP contribution is 2.49. The Balaban J connectivity index is 1.24. The van der Waals surface area contributed by atoms with E-state index < -0.39 is 35.3 Å². The number of aliphatic hydroxyl groups is 2. The van der Waals surface area contributed by atoms with Crippen molar-refractivity contribution in [1.29, 1.82) is 0 Å². The molecule has 5 aliphatic rings. The zero-order chi connectivity index (χ0) is 27.2. The molecule has 0 aromatic heterocycles. The number of carbonyl (C=O) groups is 2. The number of hydrogen-bond acceptors (Lipinski definition) is 10. The van der Waals surface area contributed by atoms with E-state index in [1.54, 1.807) is 0 Å². The summed E-state index contributed by atoms with van der Waals surface area (Å²) in [5.74, 6) is -0.784. The molecule has 5 rings (SSSR count). The number of fused-ring (bicyclic) bond motifs is 2. The number of piperidine rings is 1. The quantitative estimate of drug-likeness (QED) is 0.262. The fraction of sp³-hybridized carbons (Fsp3) is 0.929. The minimum absolute atomic E-state index is 0.0135. The maximum Gasteiger partial charge on any atom is 0.341 e. The van der Waals surface area contributed by atoms with Crippen molar-refractivity contribution >= 4 is 11.8 Å². The van der Waals surface area contributed by atoms with Gasteiger partial charge in [-0.3, -0.25) is 4.79 Å².